The maximum absolute atomic E-state index is 13.9. The van der Waals surface area contributed by atoms with E-state index in [0.29, 0.717) is 30.6 Å². The Morgan fingerprint density at radius 3 is 2.52 bits per heavy atom. The average Bonchev–Trinajstić information content (AvgIpc) is 3.41. The van der Waals surface area contributed by atoms with E-state index in [0.717, 1.165) is 29.0 Å². The van der Waals surface area contributed by atoms with Gasteiger partial charge in [-0.05, 0) is 23.6 Å². The fourth-order valence-electron chi connectivity index (χ4n) is 3.24. The van der Waals surface area contributed by atoms with Crippen molar-refractivity contribution in [2.24, 2.45) is 0 Å². The van der Waals surface area contributed by atoms with Crippen molar-refractivity contribution < 1.29 is 14.1 Å². The Hall–Kier alpha value is -2.20. The summed E-state index contributed by atoms with van der Waals surface area (Å²) in [5, 5.41) is 3.05. The SMILES string of the molecule is CC(C)c1ccccc1NC(=O)C[NH+](Cc1ccccc1F)C1CC1. The summed E-state index contributed by atoms with van der Waals surface area (Å²) in [5.41, 5.74) is 2.70. The van der Waals surface area contributed by atoms with E-state index < -0.39 is 0 Å². The zero-order chi connectivity index (χ0) is 17.8. The normalized spacial score (nSPS) is 15.2. The summed E-state index contributed by atoms with van der Waals surface area (Å²) in [7, 11) is 0. The summed E-state index contributed by atoms with van der Waals surface area (Å²) in [6.07, 6.45) is 2.22. The Bertz CT molecular complexity index is 740. The fraction of sp³-hybridized carbons (Fsp3) is 0.381. The summed E-state index contributed by atoms with van der Waals surface area (Å²) in [6.45, 7) is 5.15. The number of halogens is 1. The highest BCUT2D eigenvalue weighted by atomic mass is 19.1. The molecule has 1 unspecified atom stereocenters. The first-order valence-electron chi connectivity index (χ1n) is 9.01. The zero-order valence-electron chi connectivity index (χ0n) is 14.9. The van der Waals surface area contributed by atoms with E-state index in [1.807, 2.05) is 36.4 Å². The van der Waals surface area contributed by atoms with Gasteiger partial charge in [-0.1, -0.05) is 50.2 Å². The van der Waals surface area contributed by atoms with Crippen LogP contribution in [0.3, 0.4) is 0 Å². The standard InChI is InChI=1S/C21H25FN2O/c1-15(2)18-8-4-6-10-20(18)23-21(25)14-24(17-11-12-17)13-16-7-3-5-9-19(16)22/h3-10,15,17H,11-14H2,1-2H3,(H,23,25)/p+1. The summed E-state index contributed by atoms with van der Waals surface area (Å²) in [5.74, 6) is 0.152. The van der Waals surface area contributed by atoms with E-state index in [-0.39, 0.29) is 11.7 Å². The number of hydrogen-bond donors (Lipinski definition) is 2. The van der Waals surface area contributed by atoms with Gasteiger partial charge in [-0.15, -0.1) is 0 Å². The minimum absolute atomic E-state index is 0.00802. The predicted molar refractivity (Wildman–Crippen MR) is 98.1 cm³/mol. The van der Waals surface area contributed by atoms with Crippen molar-refractivity contribution in [1.82, 2.24) is 0 Å². The van der Waals surface area contributed by atoms with Gasteiger partial charge in [0.1, 0.15) is 12.4 Å². The van der Waals surface area contributed by atoms with Gasteiger partial charge in [0.15, 0.2) is 6.54 Å². The Morgan fingerprint density at radius 2 is 1.84 bits per heavy atom. The molecule has 0 aliphatic heterocycles. The number of anilines is 1. The van der Waals surface area contributed by atoms with E-state index >= 15 is 0 Å². The van der Waals surface area contributed by atoms with E-state index in [1.54, 1.807) is 6.07 Å². The molecule has 132 valence electrons. The van der Waals surface area contributed by atoms with Crippen molar-refractivity contribution in [3.63, 3.8) is 0 Å². The second-order valence-corrected chi connectivity index (χ2v) is 7.17. The smallest absolute Gasteiger partial charge is 0.279 e. The van der Waals surface area contributed by atoms with Crippen molar-refractivity contribution in [1.29, 1.82) is 0 Å². The molecule has 1 amide bonds. The summed E-state index contributed by atoms with van der Waals surface area (Å²) in [6, 6.07) is 15.2. The summed E-state index contributed by atoms with van der Waals surface area (Å²) in [4.78, 5) is 13.7. The fourth-order valence-corrected chi connectivity index (χ4v) is 3.24. The van der Waals surface area contributed by atoms with Crippen LogP contribution in [0, 0.1) is 5.82 Å². The first-order chi connectivity index (χ1) is 12.0. The second-order valence-electron chi connectivity index (χ2n) is 7.17. The van der Waals surface area contributed by atoms with Gasteiger partial charge in [0, 0.05) is 24.1 Å². The molecule has 1 aliphatic rings. The van der Waals surface area contributed by atoms with E-state index in [2.05, 4.69) is 19.2 Å². The minimum atomic E-state index is -0.189. The molecule has 25 heavy (non-hydrogen) atoms. The number of benzene rings is 2. The van der Waals surface area contributed by atoms with Crippen LogP contribution in [0.25, 0.3) is 0 Å². The number of hydrogen-bond acceptors (Lipinski definition) is 1. The van der Waals surface area contributed by atoms with Gasteiger partial charge in [-0.25, -0.2) is 4.39 Å². The van der Waals surface area contributed by atoms with E-state index in [9.17, 15) is 9.18 Å². The van der Waals surface area contributed by atoms with Crippen LogP contribution in [-0.2, 0) is 11.3 Å². The van der Waals surface area contributed by atoms with Crippen LogP contribution in [0.5, 0.6) is 0 Å². The maximum atomic E-state index is 13.9. The monoisotopic (exact) mass is 341 g/mol. The molecule has 0 spiro atoms. The van der Waals surface area contributed by atoms with Crippen molar-refractivity contribution in [2.45, 2.75) is 45.2 Å². The number of amides is 1. The molecular formula is C21H26FN2O+. The Labute approximate surface area is 148 Å². The van der Waals surface area contributed by atoms with Crippen molar-refractivity contribution in [3.8, 4) is 0 Å². The Morgan fingerprint density at radius 1 is 1.16 bits per heavy atom. The van der Waals surface area contributed by atoms with Crippen LogP contribution in [0.2, 0.25) is 0 Å². The number of nitrogens with one attached hydrogen (secondary N) is 2. The molecule has 0 bridgehead atoms. The van der Waals surface area contributed by atoms with Gasteiger partial charge >= 0.3 is 0 Å². The lowest BCUT2D eigenvalue weighted by Crippen LogP contribution is -3.13. The molecule has 0 heterocycles. The van der Waals surface area contributed by atoms with Gasteiger partial charge in [0.05, 0.1) is 6.04 Å². The predicted octanol–water partition coefficient (Wildman–Crippen LogP) is 3.14. The maximum Gasteiger partial charge on any atom is 0.279 e. The minimum Gasteiger partial charge on any atom is -0.321 e. The third-order valence-corrected chi connectivity index (χ3v) is 4.77. The molecule has 1 fully saturated rings. The van der Waals surface area contributed by atoms with Crippen LogP contribution >= 0.6 is 0 Å². The molecule has 0 radical (unpaired) electrons. The van der Waals surface area contributed by atoms with Crippen LogP contribution < -0.4 is 10.2 Å². The molecule has 0 saturated heterocycles. The topological polar surface area (TPSA) is 33.5 Å². The first kappa shape index (κ1) is 17.6. The number of rotatable bonds is 7. The quantitative estimate of drug-likeness (QED) is 0.797. The van der Waals surface area contributed by atoms with E-state index in [1.165, 1.54) is 6.07 Å². The van der Waals surface area contributed by atoms with Crippen LogP contribution in [-0.4, -0.2) is 18.5 Å². The molecule has 2 aromatic rings. The average molecular weight is 341 g/mol. The van der Waals surface area contributed by atoms with Crippen molar-refractivity contribution >= 4 is 11.6 Å². The van der Waals surface area contributed by atoms with Gasteiger partial charge < -0.3 is 10.2 Å². The van der Waals surface area contributed by atoms with Gasteiger partial charge in [-0.3, -0.25) is 4.79 Å². The molecule has 2 aromatic carbocycles. The van der Waals surface area contributed by atoms with Gasteiger partial charge in [0.2, 0.25) is 0 Å². The number of quaternary nitrogens is 1. The second kappa shape index (κ2) is 7.79. The largest absolute Gasteiger partial charge is 0.321 e. The third kappa shape index (κ3) is 4.67. The Balaban J connectivity index is 1.67. The lowest BCUT2D eigenvalue weighted by molar-refractivity contribution is -0.917. The number of carbonyl (C=O) groups excluding carboxylic acids is 1. The van der Waals surface area contributed by atoms with Crippen molar-refractivity contribution in [2.75, 3.05) is 11.9 Å². The summed E-state index contributed by atoms with van der Waals surface area (Å²) >= 11 is 0. The first-order valence-corrected chi connectivity index (χ1v) is 9.01. The van der Waals surface area contributed by atoms with Crippen molar-refractivity contribution in [3.05, 3.63) is 65.5 Å². The van der Waals surface area contributed by atoms with Crippen LogP contribution in [0.15, 0.2) is 48.5 Å². The number of para-hydroxylation sites is 1. The zero-order valence-corrected chi connectivity index (χ0v) is 14.9. The molecule has 4 heteroatoms. The molecule has 0 aromatic heterocycles. The van der Waals surface area contributed by atoms with Gasteiger partial charge in [0.25, 0.3) is 5.91 Å². The molecule has 1 aliphatic carbocycles. The molecule has 1 atom stereocenters. The molecule has 3 nitrogen and oxygen atoms in total. The summed E-state index contributed by atoms with van der Waals surface area (Å²) < 4.78 is 13.9. The van der Waals surface area contributed by atoms with Gasteiger partial charge in [-0.2, -0.15) is 0 Å². The third-order valence-electron chi connectivity index (χ3n) is 4.77. The Kier molecular flexibility index (Phi) is 5.49. The molecular weight excluding hydrogens is 315 g/mol. The highest BCUT2D eigenvalue weighted by Gasteiger charge is 2.35. The lowest BCUT2D eigenvalue weighted by Gasteiger charge is -2.20. The van der Waals surface area contributed by atoms with E-state index in [4.69, 9.17) is 0 Å². The molecule has 3 rings (SSSR count). The lowest BCUT2D eigenvalue weighted by atomic mass is 10.0. The van der Waals surface area contributed by atoms with Crippen LogP contribution in [0.4, 0.5) is 10.1 Å². The van der Waals surface area contributed by atoms with Crippen LogP contribution in [0.1, 0.15) is 43.7 Å². The highest BCUT2D eigenvalue weighted by Crippen LogP contribution is 2.23. The molecule has 1 saturated carbocycles. The number of carbonyl (C=O) groups is 1. The molecule has 2 N–H and O–H groups in total. The highest BCUT2D eigenvalue weighted by molar-refractivity contribution is 5.92.